The van der Waals surface area contributed by atoms with Crippen molar-refractivity contribution in [1.29, 1.82) is 0 Å². The Hall–Kier alpha value is -2.22. The molecule has 2 nitrogen and oxygen atoms in total. The Balaban J connectivity index is 0.000000704. The molecule has 3 rings (SSSR count). The largest absolute Gasteiger partial charge is 0.497 e. The maximum Gasteiger partial charge on any atom is 0.119 e. The highest BCUT2D eigenvalue weighted by molar-refractivity contribution is 5.99. The molecule has 0 bridgehead atoms. The molecule has 0 saturated carbocycles. The Labute approximate surface area is 119 Å². The van der Waals surface area contributed by atoms with Gasteiger partial charge in [0.1, 0.15) is 11.5 Å². The molecule has 20 heavy (non-hydrogen) atoms. The fraction of sp³-hybridized carbons (Fsp3) is 0.222. The summed E-state index contributed by atoms with van der Waals surface area (Å²) in [5.74, 6) is 1.77. The van der Waals surface area contributed by atoms with Crippen LogP contribution in [0, 0.1) is 0 Å². The van der Waals surface area contributed by atoms with Crippen LogP contribution in [0.25, 0.3) is 21.5 Å². The first kappa shape index (κ1) is 14.2. The van der Waals surface area contributed by atoms with Crippen molar-refractivity contribution in [2.75, 3.05) is 14.2 Å². The maximum atomic E-state index is 5.25. The van der Waals surface area contributed by atoms with Gasteiger partial charge in [-0.1, -0.05) is 26.0 Å². The minimum Gasteiger partial charge on any atom is -0.497 e. The predicted molar refractivity (Wildman–Crippen MR) is 85.9 cm³/mol. The van der Waals surface area contributed by atoms with E-state index < -0.39 is 0 Å². The number of ether oxygens (including phenoxy) is 2. The third-order valence-electron chi connectivity index (χ3n) is 3.21. The summed E-state index contributed by atoms with van der Waals surface area (Å²) in [5, 5.41) is 4.78. The van der Waals surface area contributed by atoms with Gasteiger partial charge < -0.3 is 9.47 Å². The molecule has 3 aromatic rings. The molecule has 0 N–H and O–H groups in total. The fourth-order valence-corrected chi connectivity index (χ4v) is 2.21. The number of rotatable bonds is 2. The van der Waals surface area contributed by atoms with Gasteiger partial charge in [0, 0.05) is 0 Å². The molecular formula is C18H20O2. The van der Waals surface area contributed by atoms with E-state index in [0.717, 1.165) is 11.5 Å². The molecule has 0 spiro atoms. The Morgan fingerprint density at radius 3 is 1.30 bits per heavy atom. The quantitative estimate of drug-likeness (QED) is 0.606. The standard InChI is InChI=1S/C16H14O2.C2H6/c1-17-15-5-3-11-8-14-10-16(18-2)6-4-12(14)7-13(11)9-15;1-2/h3-10H,1-2H3;1-2H3. The average molecular weight is 268 g/mol. The summed E-state index contributed by atoms with van der Waals surface area (Å²) in [7, 11) is 3.38. The third-order valence-corrected chi connectivity index (χ3v) is 3.21. The summed E-state index contributed by atoms with van der Waals surface area (Å²) in [6, 6.07) is 16.6. The van der Waals surface area contributed by atoms with Crippen molar-refractivity contribution in [2.24, 2.45) is 0 Å². The van der Waals surface area contributed by atoms with Crippen molar-refractivity contribution in [3.8, 4) is 11.5 Å². The molecule has 0 heterocycles. The average Bonchev–Trinajstić information content (AvgIpc) is 2.53. The summed E-state index contributed by atoms with van der Waals surface area (Å²) >= 11 is 0. The number of methoxy groups -OCH3 is 2. The number of fused-ring (bicyclic) bond motifs is 2. The van der Waals surface area contributed by atoms with Crippen LogP contribution >= 0.6 is 0 Å². The van der Waals surface area contributed by atoms with E-state index in [-0.39, 0.29) is 0 Å². The molecule has 0 aliphatic rings. The molecule has 0 atom stereocenters. The van der Waals surface area contributed by atoms with E-state index in [2.05, 4.69) is 36.4 Å². The monoisotopic (exact) mass is 268 g/mol. The van der Waals surface area contributed by atoms with Crippen LogP contribution in [-0.2, 0) is 0 Å². The summed E-state index contributed by atoms with van der Waals surface area (Å²) in [6.45, 7) is 4.00. The van der Waals surface area contributed by atoms with Crippen LogP contribution in [0.3, 0.4) is 0 Å². The zero-order valence-corrected chi connectivity index (χ0v) is 12.4. The second kappa shape index (κ2) is 6.29. The van der Waals surface area contributed by atoms with Crippen LogP contribution in [0.1, 0.15) is 13.8 Å². The summed E-state index contributed by atoms with van der Waals surface area (Å²) in [6.07, 6.45) is 0. The van der Waals surface area contributed by atoms with E-state index in [0.29, 0.717) is 0 Å². The van der Waals surface area contributed by atoms with Gasteiger partial charge >= 0.3 is 0 Å². The Bertz CT molecular complexity index is 654. The van der Waals surface area contributed by atoms with Gasteiger partial charge in [0.15, 0.2) is 0 Å². The van der Waals surface area contributed by atoms with Crippen LogP contribution in [0.4, 0.5) is 0 Å². The molecule has 2 heteroatoms. The van der Waals surface area contributed by atoms with Crippen LogP contribution < -0.4 is 9.47 Å². The number of hydrogen-bond acceptors (Lipinski definition) is 2. The lowest BCUT2D eigenvalue weighted by atomic mass is 10.0. The lowest BCUT2D eigenvalue weighted by Crippen LogP contribution is -1.84. The van der Waals surface area contributed by atoms with E-state index in [9.17, 15) is 0 Å². The molecule has 0 aliphatic carbocycles. The molecule has 0 amide bonds. The van der Waals surface area contributed by atoms with Gasteiger partial charge in [-0.15, -0.1) is 0 Å². The lowest BCUT2D eigenvalue weighted by Gasteiger charge is -2.06. The van der Waals surface area contributed by atoms with Crippen molar-refractivity contribution in [2.45, 2.75) is 13.8 Å². The predicted octanol–water partition coefficient (Wildman–Crippen LogP) is 5.04. The fourth-order valence-electron chi connectivity index (χ4n) is 2.21. The van der Waals surface area contributed by atoms with Crippen molar-refractivity contribution >= 4 is 21.5 Å². The molecule has 0 fully saturated rings. The number of benzene rings is 3. The first-order valence-electron chi connectivity index (χ1n) is 6.86. The second-order valence-electron chi connectivity index (χ2n) is 4.28. The SMILES string of the molecule is CC.COc1ccc2cc3cc(OC)ccc3cc2c1. The molecular weight excluding hydrogens is 248 g/mol. The van der Waals surface area contributed by atoms with E-state index in [1.54, 1.807) is 14.2 Å². The Morgan fingerprint density at radius 1 is 0.550 bits per heavy atom. The van der Waals surface area contributed by atoms with Crippen LogP contribution in [0.2, 0.25) is 0 Å². The molecule has 0 radical (unpaired) electrons. The second-order valence-corrected chi connectivity index (χ2v) is 4.28. The van der Waals surface area contributed by atoms with Gasteiger partial charge in [0.05, 0.1) is 14.2 Å². The molecule has 104 valence electrons. The van der Waals surface area contributed by atoms with Gasteiger partial charge in [0.2, 0.25) is 0 Å². The molecule has 3 aromatic carbocycles. The van der Waals surface area contributed by atoms with Crippen molar-refractivity contribution in [3.05, 3.63) is 48.5 Å². The topological polar surface area (TPSA) is 18.5 Å². The molecule has 0 aliphatic heterocycles. The molecule has 0 unspecified atom stereocenters. The maximum absolute atomic E-state index is 5.25. The highest BCUT2D eigenvalue weighted by Crippen LogP contribution is 2.28. The van der Waals surface area contributed by atoms with Gasteiger partial charge in [-0.2, -0.15) is 0 Å². The summed E-state index contributed by atoms with van der Waals surface area (Å²) < 4.78 is 10.5. The van der Waals surface area contributed by atoms with Gasteiger partial charge in [-0.05, 0) is 57.9 Å². The van der Waals surface area contributed by atoms with Gasteiger partial charge in [-0.3, -0.25) is 0 Å². The van der Waals surface area contributed by atoms with Crippen molar-refractivity contribution < 1.29 is 9.47 Å². The Morgan fingerprint density at radius 2 is 0.950 bits per heavy atom. The van der Waals surface area contributed by atoms with E-state index >= 15 is 0 Å². The zero-order chi connectivity index (χ0) is 14.5. The molecule has 0 aromatic heterocycles. The van der Waals surface area contributed by atoms with Crippen molar-refractivity contribution in [3.63, 3.8) is 0 Å². The normalized spacial score (nSPS) is 10.0. The Kier molecular flexibility index (Phi) is 4.46. The highest BCUT2D eigenvalue weighted by atomic mass is 16.5. The third kappa shape index (κ3) is 2.69. The minimum atomic E-state index is 0.885. The highest BCUT2D eigenvalue weighted by Gasteiger charge is 2.01. The minimum absolute atomic E-state index is 0.885. The van der Waals surface area contributed by atoms with E-state index in [1.165, 1.54) is 21.5 Å². The van der Waals surface area contributed by atoms with Crippen LogP contribution in [0.5, 0.6) is 11.5 Å². The smallest absolute Gasteiger partial charge is 0.119 e. The zero-order valence-electron chi connectivity index (χ0n) is 12.4. The number of hydrogen-bond donors (Lipinski definition) is 0. The first-order valence-corrected chi connectivity index (χ1v) is 6.86. The van der Waals surface area contributed by atoms with Gasteiger partial charge in [-0.25, -0.2) is 0 Å². The first-order chi connectivity index (χ1) is 9.80. The van der Waals surface area contributed by atoms with Crippen LogP contribution in [-0.4, -0.2) is 14.2 Å². The molecule has 0 saturated heterocycles. The van der Waals surface area contributed by atoms with Crippen molar-refractivity contribution in [1.82, 2.24) is 0 Å². The lowest BCUT2D eigenvalue weighted by molar-refractivity contribution is 0.415. The van der Waals surface area contributed by atoms with E-state index in [4.69, 9.17) is 9.47 Å². The van der Waals surface area contributed by atoms with Gasteiger partial charge in [0.25, 0.3) is 0 Å². The summed E-state index contributed by atoms with van der Waals surface area (Å²) in [5.41, 5.74) is 0. The summed E-state index contributed by atoms with van der Waals surface area (Å²) in [4.78, 5) is 0. The van der Waals surface area contributed by atoms with Crippen LogP contribution in [0.15, 0.2) is 48.5 Å². The van der Waals surface area contributed by atoms with E-state index in [1.807, 2.05) is 26.0 Å².